The van der Waals surface area contributed by atoms with Gasteiger partial charge in [-0.05, 0) is 30.7 Å². The Morgan fingerprint density at radius 3 is 2.74 bits per heavy atom. The smallest absolute Gasteiger partial charge is 0.346 e. The van der Waals surface area contributed by atoms with E-state index in [1.807, 2.05) is 0 Å². The summed E-state index contributed by atoms with van der Waals surface area (Å²) in [5.41, 5.74) is 0.0666. The molecule has 0 radical (unpaired) electrons. The van der Waals surface area contributed by atoms with Gasteiger partial charge in [0.05, 0.1) is 18.7 Å². The zero-order valence-electron chi connectivity index (χ0n) is 10.4. The Labute approximate surface area is 115 Å². The summed E-state index contributed by atoms with van der Waals surface area (Å²) >= 11 is 6.01. The molecule has 0 heterocycles. The van der Waals surface area contributed by atoms with E-state index in [1.54, 1.807) is 19.1 Å². The highest BCUT2D eigenvalue weighted by atomic mass is 35.5. The molecule has 0 bridgehead atoms. The minimum atomic E-state index is -1.30. The van der Waals surface area contributed by atoms with Crippen LogP contribution in [0.1, 0.15) is 12.5 Å². The molecule has 0 aromatic heterocycles. The number of nitrogens with zero attached hydrogens (tertiary/aromatic N) is 1. The molecule has 0 amide bonds. The van der Waals surface area contributed by atoms with Crippen molar-refractivity contribution in [2.45, 2.75) is 6.92 Å². The summed E-state index contributed by atoms with van der Waals surface area (Å²) in [7, 11) is 1.46. The van der Waals surface area contributed by atoms with E-state index < -0.39 is 5.97 Å². The lowest BCUT2D eigenvalue weighted by molar-refractivity contribution is -0.132. The Morgan fingerprint density at radius 1 is 1.58 bits per heavy atom. The number of ether oxygens (including phenoxy) is 2. The maximum Gasteiger partial charge on any atom is 0.346 e. The molecule has 1 aromatic carbocycles. The van der Waals surface area contributed by atoms with Crippen LogP contribution < -0.4 is 9.47 Å². The van der Waals surface area contributed by atoms with E-state index in [2.05, 4.69) is 0 Å². The first-order valence-corrected chi connectivity index (χ1v) is 5.76. The van der Waals surface area contributed by atoms with Crippen molar-refractivity contribution >= 4 is 23.6 Å². The SMILES string of the molecule is CCOc1cc(C=C(C#N)C(=O)O)cc(Cl)c1OC. The summed E-state index contributed by atoms with van der Waals surface area (Å²) in [4.78, 5) is 10.8. The largest absolute Gasteiger partial charge is 0.491 e. The molecule has 0 saturated carbocycles. The summed E-state index contributed by atoms with van der Waals surface area (Å²) in [5.74, 6) is -0.534. The number of rotatable bonds is 5. The molecule has 0 spiro atoms. The van der Waals surface area contributed by atoms with Crippen LogP contribution >= 0.6 is 11.6 Å². The van der Waals surface area contributed by atoms with Gasteiger partial charge in [0.1, 0.15) is 11.6 Å². The highest BCUT2D eigenvalue weighted by molar-refractivity contribution is 6.32. The fourth-order valence-electron chi connectivity index (χ4n) is 1.44. The molecule has 6 heteroatoms. The number of aliphatic carboxylic acids is 1. The molecule has 5 nitrogen and oxygen atoms in total. The van der Waals surface area contributed by atoms with E-state index in [9.17, 15) is 4.79 Å². The molecule has 0 aliphatic carbocycles. The summed E-state index contributed by atoms with van der Waals surface area (Å²) in [5, 5.41) is 17.8. The molecule has 0 saturated heterocycles. The number of halogens is 1. The first-order valence-electron chi connectivity index (χ1n) is 5.38. The van der Waals surface area contributed by atoms with Gasteiger partial charge in [-0.15, -0.1) is 0 Å². The first kappa shape index (κ1) is 14.9. The van der Waals surface area contributed by atoms with Crippen LogP contribution in [0.2, 0.25) is 5.02 Å². The van der Waals surface area contributed by atoms with E-state index in [4.69, 9.17) is 31.4 Å². The van der Waals surface area contributed by atoms with Crippen LogP contribution in [0.3, 0.4) is 0 Å². The van der Waals surface area contributed by atoms with Crippen LogP contribution in [0, 0.1) is 11.3 Å². The Balaban J connectivity index is 3.32. The zero-order chi connectivity index (χ0) is 14.4. The fourth-order valence-corrected chi connectivity index (χ4v) is 1.74. The van der Waals surface area contributed by atoms with Gasteiger partial charge in [0, 0.05) is 0 Å². The molecule has 100 valence electrons. The molecule has 1 rings (SSSR count). The average molecular weight is 282 g/mol. The maximum absolute atomic E-state index is 10.8. The van der Waals surface area contributed by atoms with Crippen molar-refractivity contribution in [3.8, 4) is 17.6 Å². The minimum absolute atomic E-state index is 0.280. The molecule has 0 unspecified atom stereocenters. The van der Waals surface area contributed by atoms with Gasteiger partial charge in [0.25, 0.3) is 0 Å². The number of carboxylic acids is 1. The minimum Gasteiger partial charge on any atom is -0.491 e. The number of methoxy groups -OCH3 is 1. The molecule has 0 aliphatic rings. The van der Waals surface area contributed by atoms with E-state index in [-0.39, 0.29) is 10.6 Å². The topological polar surface area (TPSA) is 79.5 Å². The first-order chi connectivity index (χ1) is 9.03. The molecule has 1 N–H and O–H groups in total. The van der Waals surface area contributed by atoms with Gasteiger partial charge in [-0.3, -0.25) is 0 Å². The number of nitriles is 1. The number of hydrogen-bond acceptors (Lipinski definition) is 4. The van der Waals surface area contributed by atoms with E-state index in [0.717, 1.165) is 0 Å². The quantitative estimate of drug-likeness (QED) is 0.663. The average Bonchev–Trinajstić information content (AvgIpc) is 2.35. The Kier molecular flexibility index (Phi) is 5.22. The lowest BCUT2D eigenvalue weighted by atomic mass is 10.1. The molecule has 19 heavy (non-hydrogen) atoms. The third-order valence-corrected chi connectivity index (χ3v) is 2.48. The number of benzene rings is 1. The van der Waals surface area contributed by atoms with Crippen molar-refractivity contribution in [3.05, 3.63) is 28.3 Å². The summed E-state index contributed by atoms with van der Waals surface area (Å²) < 4.78 is 10.5. The predicted molar refractivity (Wildman–Crippen MR) is 70.4 cm³/mol. The van der Waals surface area contributed by atoms with Crippen molar-refractivity contribution in [1.82, 2.24) is 0 Å². The van der Waals surface area contributed by atoms with Gasteiger partial charge in [-0.1, -0.05) is 11.6 Å². The monoisotopic (exact) mass is 281 g/mol. The van der Waals surface area contributed by atoms with Crippen LogP contribution in [-0.4, -0.2) is 24.8 Å². The van der Waals surface area contributed by atoms with Gasteiger partial charge >= 0.3 is 5.97 Å². The van der Waals surface area contributed by atoms with Crippen LogP contribution in [0.15, 0.2) is 17.7 Å². The molecular formula is C13H12ClNO4. The van der Waals surface area contributed by atoms with Gasteiger partial charge in [-0.2, -0.15) is 5.26 Å². The molecule has 1 aromatic rings. The number of carboxylic acid groups (broad SMARTS) is 1. The summed E-state index contributed by atoms with van der Waals surface area (Å²) in [6.45, 7) is 2.21. The van der Waals surface area contributed by atoms with Crippen LogP contribution in [0.25, 0.3) is 6.08 Å². The van der Waals surface area contributed by atoms with Crippen LogP contribution in [0.4, 0.5) is 0 Å². The van der Waals surface area contributed by atoms with E-state index in [1.165, 1.54) is 19.3 Å². The molecule has 0 atom stereocenters. The third-order valence-electron chi connectivity index (χ3n) is 2.20. The van der Waals surface area contributed by atoms with Crippen molar-refractivity contribution in [2.75, 3.05) is 13.7 Å². The maximum atomic E-state index is 10.8. The van der Waals surface area contributed by atoms with E-state index in [0.29, 0.717) is 23.7 Å². The van der Waals surface area contributed by atoms with Crippen molar-refractivity contribution in [2.24, 2.45) is 0 Å². The number of carbonyl (C=O) groups is 1. The highest BCUT2D eigenvalue weighted by Crippen LogP contribution is 2.36. The zero-order valence-corrected chi connectivity index (χ0v) is 11.2. The summed E-state index contributed by atoms with van der Waals surface area (Å²) in [6.07, 6.45) is 1.22. The molecule has 0 fully saturated rings. The van der Waals surface area contributed by atoms with Gasteiger partial charge in [0.2, 0.25) is 0 Å². The molecule has 0 aliphatic heterocycles. The highest BCUT2D eigenvalue weighted by Gasteiger charge is 2.12. The van der Waals surface area contributed by atoms with Gasteiger partial charge < -0.3 is 14.6 Å². The standard InChI is InChI=1S/C13H12ClNO4/c1-3-19-11-6-8(4-9(7-15)13(16)17)5-10(14)12(11)18-2/h4-6H,3H2,1-2H3,(H,16,17). The Bertz CT molecular complexity index is 560. The Morgan fingerprint density at radius 2 is 2.26 bits per heavy atom. The van der Waals surface area contributed by atoms with Gasteiger partial charge in [0.15, 0.2) is 11.5 Å². The van der Waals surface area contributed by atoms with Crippen molar-refractivity contribution in [1.29, 1.82) is 5.26 Å². The second-order valence-corrected chi connectivity index (χ2v) is 3.85. The lowest BCUT2D eigenvalue weighted by Gasteiger charge is -2.11. The fraction of sp³-hybridized carbons (Fsp3) is 0.231. The van der Waals surface area contributed by atoms with Gasteiger partial charge in [-0.25, -0.2) is 4.79 Å². The van der Waals surface area contributed by atoms with E-state index >= 15 is 0 Å². The van der Waals surface area contributed by atoms with Crippen molar-refractivity contribution < 1.29 is 19.4 Å². The number of hydrogen-bond donors (Lipinski definition) is 1. The third kappa shape index (κ3) is 3.63. The lowest BCUT2D eigenvalue weighted by Crippen LogP contribution is -1.99. The second-order valence-electron chi connectivity index (χ2n) is 3.44. The Hall–Kier alpha value is -2.19. The summed E-state index contributed by atoms with van der Waals surface area (Å²) in [6, 6.07) is 4.66. The normalized spacial score (nSPS) is 10.7. The van der Waals surface area contributed by atoms with Crippen LogP contribution in [0.5, 0.6) is 11.5 Å². The second kappa shape index (κ2) is 6.66. The van der Waals surface area contributed by atoms with Crippen molar-refractivity contribution in [3.63, 3.8) is 0 Å². The predicted octanol–water partition coefficient (Wildman–Crippen LogP) is 2.74. The molecular weight excluding hydrogens is 270 g/mol. The van der Waals surface area contributed by atoms with Crippen LogP contribution in [-0.2, 0) is 4.79 Å².